The summed E-state index contributed by atoms with van der Waals surface area (Å²) in [5.74, 6) is 0. The first-order valence-electron chi connectivity index (χ1n) is 5.61. The number of halogens is 1. The van der Waals surface area contributed by atoms with Crippen molar-refractivity contribution in [3.63, 3.8) is 0 Å². The summed E-state index contributed by atoms with van der Waals surface area (Å²) in [6, 6.07) is 8.92. The van der Waals surface area contributed by atoms with Gasteiger partial charge in [0.15, 0.2) is 5.03 Å². The smallest absolute Gasteiger partial charge is 0.258 e. The molecule has 102 valence electrons. The summed E-state index contributed by atoms with van der Waals surface area (Å²) in [5.41, 5.74) is 0.156. The van der Waals surface area contributed by atoms with Crippen LogP contribution in [0.3, 0.4) is 0 Å². The van der Waals surface area contributed by atoms with Crippen LogP contribution in [-0.2, 0) is 15.6 Å². The lowest BCUT2D eigenvalue weighted by Crippen LogP contribution is -2.41. The molecular formula is C12H14BrN3O2S. The molecule has 0 aliphatic rings. The highest BCUT2D eigenvalue weighted by atomic mass is 79.9. The quantitative estimate of drug-likeness (QED) is 0.894. The average Bonchev–Trinajstić information content (AvgIpc) is 2.82. The van der Waals surface area contributed by atoms with Crippen LogP contribution < -0.4 is 4.72 Å². The van der Waals surface area contributed by atoms with Crippen LogP contribution in [0.1, 0.15) is 19.4 Å². The number of aromatic amines is 1. The first-order chi connectivity index (χ1) is 8.81. The van der Waals surface area contributed by atoms with Gasteiger partial charge in [0.1, 0.15) is 0 Å². The maximum absolute atomic E-state index is 12.2. The normalized spacial score (nSPS) is 12.6. The van der Waals surface area contributed by atoms with E-state index in [0.29, 0.717) is 0 Å². The van der Waals surface area contributed by atoms with Crippen LogP contribution in [0.15, 0.2) is 46.0 Å². The van der Waals surface area contributed by atoms with E-state index < -0.39 is 15.6 Å². The predicted molar refractivity (Wildman–Crippen MR) is 76.1 cm³/mol. The molecule has 0 radical (unpaired) electrons. The van der Waals surface area contributed by atoms with Gasteiger partial charge in [-0.15, -0.1) is 0 Å². The second kappa shape index (κ2) is 5.07. The highest BCUT2D eigenvalue weighted by molar-refractivity contribution is 9.10. The molecule has 0 aliphatic heterocycles. The zero-order chi connectivity index (χ0) is 14.1. The Morgan fingerprint density at radius 3 is 2.37 bits per heavy atom. The minimum Gasteiger partial charge on any atom is -0.266 e. The van der Waals surface area contributed by atoms with Gasteiger partial charge in [0.05, 0.1) is 11.7 Å². The molecular weight excluding hydrogens is 330 g/mol. The van der Waals surface area contributed by atoms with E-state index in [-0.39, 0.29) is 5.03 Å². The maximum Gasteiger partial charge on any atom is 0.258 e. The largest absolute Gasteiger partial charge is 0.266 e. The van der Waals surface area contributed by atoms with Crippen molar-refractivity contribution in [2.24, 2.45) is 0 Å². The molecule has 0 saturated carbocycles. The van der Waals surface area contributed by atoms with Gasteiger partial charge >= 0.3 is 0 Å². The molecule has 1 aromatic carbocycles. The fourth-order valence-electron chi connectivity index (χ4n) is 1.71. The van der Waals surface area contributed by atoms with Crippen molar-refractivity contribution < 1.29 is 8.42 Å². The van der Waals surface area contributed by atoms with Crippen LogP contribution >= 0.6 is 15.9 Å². The Morgan fingerprint density at radius 1 is 1.21 bits per heavy atom. The number of H-pyrrole nitrogens is 1. The first kappa shape index (κ1) is 14.2. The number of nitrogens with one attached hydrogen (secondary N) is 2. The topological polar surface area (TPSA) is 74.8 Å². The molecule has 0 bridgehead atoms. The molecule has 1 aromatic heterocycles. The van der Waals surface area contributed by atoms with Crippen molar-refractivity contribution in [3.05, 3.63) is 46.6 Å². The minimum atomic E-state index is -3.61. The third-order valence-electron chi connectivity index (χ3n) is 2.72. The Kier molecular flexibility index (Phi) is 3.80. The molecule has 0 aliphatic carbocycles. The second-order valence-corrected chi connectivity index (χ2v) is 7.22. The monoisotopic (exact) mass is 343 g/mol. The third kappa shape index (κ3) is 3.23. The Balaban J connectivity index is 2.29. The Bertz CT molecular complexity index is 649. The Morgan fingerprint density at radius 2 is 1.84 bits per heavy atom. The van der Waals surface area contributed by atoms with Gasteiger partial charge in [-0.05, 0) is 37.6 Å². The molecule has 0 amide bonds. The van der Waals surface area contributed by atoms with Gasteiger partial charge in [0, 0.05) is 4.47 Å². The van der Waals surface area contributed by atoms with Gasteiger partial charge in [-0.1, -0.05) is 28.1 Å². The van der Waals surface area contributed by atoms with Crippen molar-refractivity contribution in [2.45, 2.75) is 24.4 Å². The molecule has 1 heterocycles. The van der Waals surface area contributed by atoms with Gasteiger partial charge < -0.3 is 0 Å². The van der Waals surface area contributed by atoms with Crippen LogP contribution in [0.5, 0.6) is 0 Å². The van der Waals surface area contributed by atoms with E-state index >= 15 is 0 Å². The summed E-state index contributed by atoms with van der Waals surface area (Å²) >= 11 is 3.35. The molecule has 2 aromatic rings. The van der Waals surface area contributed by atoms with Gasteiger partial charge in [0.25, 0.3) is 10.0 Å². The highest BCUT2D eigenvalue weighted by Gasteiger charge is 2.28. The molecule has 7 heteroatoms. The lowest BCUT2D eigenvalue weighted by Gasteiger charge is -2.26. The fraction of sp³-hybridized carbons (Fsp3) is 0.250. The van der Waals surface area contributed by atoms with Crippen molar-refractivity contribution in [3.8, 4) is 0 Å². The molecule has 0 atom stereocenters. The van der Waals surface area contributed by atoms with Gasteiger partial charge in [-0.25, -0.2) is 8.42 Å². The number of sulfonamides is 1. The van der Waals surface area contributed by atoms with Crippen LogP contribution in [0.25, 0.3) is 0 Å². The molecule has 2 rings (SSSR count). The van der Waals surface area contributed by atoms with E-state index in [0.717, 1.165) is 10.0 Å². The molecule has 5 nitrogen and oxygen atoms in total. The predicted octanol–water partition coefficient (Wildman–Crippen LogP) is 2.39. The summed E-state index contributed by atoms with van der Waals surface area (Å²) in [6.45, 7) is 3.62. The van der Waals surface area contributed by atoms with E-state index in [9.17, 15) is 8.42 Å². The zero-order valence-corrected chi connectivity index (χ0v) is 12.9. The van der Waals surface area contributed by atoms with E-state index in [4.69, 9.17) is 0 Å². The number of hydrogen-bond donors (Lipinski definition) is 2. The number of benzene rings is 1. The van der Waals surface area contributed by atoms with Crippen molar-refractivity contribution in [1.29, 1.82) is 0 Å². The summed E-state index contributed by atoms with van der Waals surface area (Å²) in [6.07, 6.45) is 1.40. The summed E-state index contributed by atoms with van der Waals surface area (Å²) in [7, 11) is -3.61. The van der Waals surface area contributed by atoms with Gasteiger partial charge in [0.2, 0.25) is 0 Å². The number of nitrogens with zero attached hydrogens (tertiary/aromatic N) is 1. The van der Waals surface area contributed by atoms with Crippen LogP contribution in [-0.4, -0.2) is 18.6 Å². The van der Waals surface area contributed by atoms with Crippen molar-refractivity contribution in [2.75, 3.05) is 0 Å². The number of hydrogen-bond acceptors (Lipinski definition) is 3. The molecule has 0 spiro atoms. The summed E-state index contributed by atoms with van der Waals surface area (Å²) in [5, 5.41) is 6.16. The molecule has 0 saturated heterocycles. The average molecular weight is 344 g/mol. The van der Waals surface area contributed by atoms with Crippen LogP contribution in [0.4, 0.5) is 0 Å². The van der Waals surface area contributed by atoms with Crippen LogP contribution in [0, 0.1) is 0 Å². The Labute approximate surface area is 120 Å². The van der Waals surface area contributed by atoms with E-state index in [2.05, 4.69) is 30.8 Å². The van der Waals surface area contributed by atoms with Gasteiger partial charge in [-0.3, -0.25) is 5.10 Å². The highest BCUT2D eigenvalue weighted by Crippen LogP contribution is 2.24. The van der Waals surface area contributed by atoms with E-state index in [1.165, 1.54) is 12.3 Å². The van der Waals surface area contributed by atoms with E-state index in [1.54, 1.807) is 0 Å². The van der Waals surface area contributed by atoms with Crippen molar-refractivity contribution >= 4 is 26.0 Å². The molecule has 0 unspecified atom stereocenters. The summed E-state index contributed by atoms with van der Waals surface area (Å²) < 4.78 is 27.9. The second-order valence-electron chi connectivity index (χ2n) is 4.66. The fourth-order valence-corrected chi connectivity index (χ4v) is 3.29. The van der Waals surface area contributed by atoms with Crippen LogP contribution in [0.2, 0.25) is 0 Å². The Hall–Kier alpha value is -1.18. The number of aromatic nitrogens is 2. The maximum atomic E-state index is 12.2. The number of rotatable bonds is 4. The zero-order valence-electron chi connectivity index (χ0n) is 10.5. The molecule has 19 heavy (non-hydrogen) atoms. The lowest BCUT2D eigenvalue weighted by atomic mass is 9.96. The van der Waals surface area contributed by atoms with E-state index in [1.807, 2.05) is 38.1 Å². The molecule has 2 N–H and O–H groups in total. The molecule has 0 fully saturated rings. The van der Waals surface area contributed by atoms with Gasteiger partial charge in [-0.2, -0.15) is 9.82 Å². The summed E-state index contributed by atoms with van der Waals surface area (Å²) in [4.78, 5) is 0. The standard InChI is InChI=1S/C12H14BrN3O2S/c1-12(2,9-3-5-10(13)6-4-9)16-19(17,18)11-7-8-14-15-11/h3-8,16H,1-2H3,(H,14,15). The van der Waals surface area contributed by atoms with Crippen molar-refractivity contribution in [1.82, 2.24) is 14.9 Å². The minimum absolute atomic E-state index is 0.0534. The first-order valence-corrected chi connectivity index (χ1v) is 7.88. The third-order valence-corrected chi connectivity index (χ3v) is 4.83. The lowest BCUT2D eigenvalue weighted by molar-refractivity contribution is 0.470. The SMILES string of the molecule is CC(C)(NS(=O)(=O)c1ccn[nH]1)c1ccc(Br)cc1.